The lowest BCUT2D eigenvalue weighted by atomic mass is 10.1. The van der Waals surface area contributed by atoms with E-state index in [1.165, 1.54) is 12.1 Å². The Hall–Kier alpha value is -1.37. The monoisotopic (exact) mass is 361 g/mol. The summed E-state index contributed by atoms with van der Waals surface area (Å²) in [5.74, 6) is -0.750. The molecule has 0 atom stereocenters. The zero-order chi connectivity index (χ0) is 15.9. The first-order valence-electron chi connectivity index (χ1n) is 7.23. The van der Waals surface area contributed by atoms with E-state index in [-0.39, 0.29) is 34.8 Å². The van der Waals surface area contributed by atoms with Crippen molar-refractivity contribution in [3.05, 3.63) is 34.6 Å². The van der Waals surface area contributed by atoms with E-state index < -0.39 is 11.4 Å². The lowest BCUT2D eigenvalue weighted by Gasteiger charge is -2.36. The molecule has 0 bridgehead atoms. The second-order valence-corrected chi connectivity index (χ2v) is 6.27. The van der Waals surface area contributed by atoms with Gasteiger partial charge in [0.05, 0.1) is 16.1 Å². The van der Waals surface area contributed by atoms with Crippen molar-refractivity contribution in [2.75, 3.05) is 26.2 Å². The van der Waals surface area contributed by atoms with E-state index in [2.05, 4.69) is 0 Å². The number of halogens is 3. The molecule has 2 amide bonds. The molecule has 0 aromatic heterocycles. The van der Waals surface area contributed by atoms with Crippen molar-refractivity contribution in [3.8, 4) is 0 Å². The zero-order valence-electron chi connectivity index (χ0n) is 12.4. The van der Waals surface area contributed by atoms with Crippen LogP contribution >= 0.6 is 24.0 Å². The molecule has 1 aromatic carbocycles. The molecule has 1 aromatic rings. The number of rotatable bonds is 2. The Bertz CT molecular complexity index is 629. The fourth-order valence-electron chi connectivity index (χ4n) is 2.61. The quantitative estimate of drug-likeness (QED) is 0.871. The maximum Gasteiger partial charge on any atom is 0.255 e. The Labute approximate surface area is 145 Å². The number of nitrogens with two attached hydrogens (primary N) is 1. The molecular weight excluding hydrogens is 344 g/mol. The first-order chi connectivity index (χ1) is 10.4. The van der Waals surface area contributed by atoms with Crippen LogP contribution < -0.4 is 5.73 Å². The number of nitrogens with zero attached hydrogens (tertiary/aromatic N) is 2. The van der Waals surface area contributed by atoms with Crippen molar-refractivity contribution >= 4 is 35.8 Å². The number of hydrogen-bond donors (Lipinski definition) is 1. The SMILES string of the molecule is Cl.NC1(C(=O)N2CCN(C(=O)c3ccc(F)cc3Cl)CC2)CC1. The van der Waals surface area contributed by atoms with Gasteiger partial charge >= 0.3 is 0 Å². The molecule has 126 valence electrons. The van der Waals surface area contributed by atoms with Crippen LogP contribution in [-0.4, -0.2) is 53.3 Å². The van der Waals surface area contributed by atoms with Crippen LogP contribution in [0.25, 0.3) is 0 Å². The van der Waals surface area contributed by atoms with Gasteiger partial charge in [-0.3, -0.25) is 9.59 Å². The summed E-state index contributed by atoms with van der Waals surface area (Å²) in [5, 5.41) is 0.0994. The molecule has 1 heterocycles. The van der Waals surface area contributed by atoms with Gasteiger partial charge in [0.25, 0.3) is 5.91 Å². The molecule has 23 heavy (non-hydrogen) atoms. The van der Waals surface area contributed by atoms with E-state index in [1.807, 2.05) is 0 Å². The highest BCUT2D eigenvalue weighted by atomic mass is 35.5. The van der Waals surface area contributed by atoms with Crippen molar-refractivity contribution in [1.82, 2.24) is 9.80 Å². The summed E-state index contributed by atoms with van der Waals surface area (Å²) < 4.78 is 13.0. The third kappa shape index (κ3) is 3.59. The van der Waals surface area contributed by atoms with Crippen molar-refractivity contribution in [1.29, 1.82) is 0 Å². The second kappa shape index (κ2) is 6.63. The molecule has 1 saturated heterocycles. The van der Waals surface area contributed by atoms with Crippen molar-refractivity contribution in [3.63, 3.8) is 0 Å². The van der Waals surface area contributed by atoms with Gasteiger partial charge in [0.15, 0.2) is 0 Å². The summed E-state index contributed by atoms with van der Waals surface area (Å²) in [4.78, 5) is 27.9. The predicted octanol–water partition coefficient (Wildman–Crippen LogP) is 1.68. The lowest BCUT2D eigenvalue weighted by molar-refractivity contribution is -0.135. The smallest absolute Gasteiger partial charge is 0.255 e. The Morgan fingerprint density at radius 1 is 1.13 bits per heavy atom. The summed E-state index contributed by atoms with van der Waals surface area (Å²) >= 11 is 5.92. The highest BCUT2D eigenvalue weighted by molar-refractivity contribution is 6.33. The fourth-order valence-corrected chi connectivity index (χ4v) is 2.86. The highest BCUT2D eigenvalue weighted by Crippen LogP contribution is 2.34. The number of amides is 2. The lowest BCUT2D eigenvalue weighted by Crippen LogP contribution is -2.55. The minimum Gasteiger partial charge on any atom is -0.338 e. The molecular formula is C15H18Cl2FN3O2. The summed E-state index contributed by atoms with van der Waals surface area (Å²) in [6.45, 7) is 1.77. The maximum absolute atomic E-state index is 13.0. The second-order valence-electron chi connectivity index (χ2n) is 5.86. The predicted molar refractivity (Wildman–Crippen MR) is 87.3 cm³/mol. The molecule has 2 fully saturated rings. The first-order valence-corrected chi connectivity index (χ1v) is 7.61. The van der Waals surface area contributed by atoms with Crippen LogP contribution in [-0.2, 0) is 4.79 Å². The van der Waals surface area contributed by atoms with E-state index in [0.29, 0.717) is 26.2 Å². The largest absolute Gasteiger partial charge is 0.338 e. The summed E-state index contributed by atoms with van der Waals surface area (Å²) in [6.07, 6.45) is 1.46. The van der Waals surface area contributed by atoms with E-state index in [1.54, 1.807) is 9.80 Å². The van der Waals surface area contributed by atoms with Crippen LogP contribution in [0.4, 0.5) is 4.39 Å². The van der Waals surface area contributed by atoms with Crippen LogP contribution in [0, 0.1) is 5.82 Å². The molecule has 2 aliphatic rings. The average Bonchev–Trinajstić information content (AvgIpc) is 3.25. The van der Waals surface area contributed by atoms with E-state index in [4.69, 9.17) is 17.3 Å². The molecule has 0 spiro atoms. The summed E-state index contributed by atoms with van der Waals surface area (Å²) in [7, 11) is 0. The number of carbonyl (C=O) groups excluding carboxylic acids is 2. The molecule has 1 saturated carbocycles. The van der Waals surface area contributed by atoms with Crippen LogP contribution in [0.2, 0.25) is 5.02 Å². The minimum absolute atomic E-state index is 0. The van der Waals surface area contributed by atoms with Crippen molar-refractivity contribution in [2.45, 2.75) is 18.4 Å². The standard InChI is InChI=1S/C15H17ClFN3O2.ClH/c16-12-9-10(17)1-2-11(12)13(21)19-5-7-20(8-6-19)14(22)15(18)3-4-15;/h1-2,9H,3-8,18H2;1H. The van der Waals surface area contributed by atoms with Gasteiger partial charge in [-0.25, -0.2) is 4.39 Å². The van der Waals surface area contributed by atoms with Gasteiger partial charge < -0.3 is 15.5 Å². The van der Waals surface area contributed by atoms with E-state index >= 15 is 0 Å². The molecule has 2 N–H and O–H groups in total. The van der Waals surface area contributed by atoms with Crippen LogP contribution in [0.5, 0.6) is 0 Å². The maximum atomic E-state index is 13.0. The van der Waals surface area contributed by atoms with Crippen LogP contribution in [0.1, 0.15) is 23.2 Å². The zero-order valence-corrected chi connectivity index (χ0v) is 14.0. The Morgan fingerprint density at radius 3 is 2.22 bits per heavy atom. The van der Waals surface area contributed by atoms with Gasteiger partial charge in [-0.1, -0.05) is 11.6 Å². The van der Waals surface area contributed by atoms with Gasteiger partial charge in [-0.15, -0.1) is 12.4 Å². The van der Waals surface area contributed by atoms with Gasteiger partial charge in [0.2, 0.25) is 5.91 Å². The van der Waals surface area contributed by atoms with Crippen LogP contribution in [0.3, 0.4) is 0 Å². The van der Waals surface area contributed by atoms with Gasteiger partial charge in [-0.05, 0) is 31.0 Å². The van der Waals surface area contributed by atoms with Gasteiger partial charge in [-0.2, -0.15) is 0 Å². The van der Waals surface area contributed by atoms with Crippen molar-refractivity contribution < 1.29 is 14.0 Å². The Kier molecular flexibility index (Phi) is 5.18. The third-order valence-corrected chi connectivity index (χ3v) is 4.54. The number of benzene rings is 1. The molecule has 1 aliphatic heterocycles. The van der Waals surface area contributed by atoms with E-state index in [0.717, 1.165) is 18.9 Å². The minimum atomic E-state index is -0.674. The molecule has 1 aliphatic carbocycles. The topological polar surface area (TPSA) is 66.6 Å². The number of hydrogen-bond acceptors (Lipinski definition) is 3. The Balaban J connectivity index is 0.00000192. The molecule has 5 nitrogen and oxygen atoms in total. The molecule has 0 radical (unpaired) electrons. The normalized spacial score (nSPS) is 19.1. The first kappa shape index (κ1) is 18.0. The number of piperazine rings is 1. The molecule has 0 unspecified atom stereocenters. The van der Waals surface area contributed by atoms with Gasteiger partial charge in [0.1, 0.15) is 5.82 Å². The highest BCUT2D eigenvalue weighted by Gasteiger charge is 2.48. The average molecular weight is 362 g/mol. The van der Waals surface area contributed by atoms with Gasteiger partial charge in [0, 0.05) is 26.2 Å². The summed E-state index contributed by atoms with van der Waals surface area (Å²) in [5.41, 5.74) is 5.52. The number of carbonyl (C=O) groups is 2. The van der Waals surface area contributed by atoms with E-state index in [9.17, 15) is 14.0 Å². The molecule has 8 heteroatoms. The third-order valence-electron chi connectivity index (χ3n) is 4.23. The Morgan fingerprint density at radius 2 is 1.70 bits per heavy atom. The molecule has 3 rings (SSSR count). The van der Waals surface area contributed by atoms with Crippen molar-refractivity contribution in [2.24, 2.45) is 5.73 Å². The van der Waals surface area contributed by atoms with Crippen LogP contribution in [0.15, 0.2) is 18.2 Å². The fraction of sp³-hybridized carbons (Fsp3) is 0.467. The summed E-state index contributed by atoms with van der Waals surface area (Å²) in [6, 6.07) is 3.72.